The van der Waals surface area contributed by atoms with Crippen molar-refractivity contribution in [3.05, 3.63) is 77.8 Å². The topological polar surface area (TPSA) is 122 Å². The molecule has 0 aliphatic rings. The molecule has 9 nitrogen and oxygen atoms in total. The molecule has 0 spiro atoms. The molecular formula is C22H22ClN3O6S2. The lowest BCUT2D eigenvalue weighted by Gasteiger charge is -2.24. The maximum atomic E-state index is 12.6. The summed E-state index contributed by atoms with van der Waals surface area (Å²) in [6.45, 7) is -0.550. The van der Waals surface area contributed by atoms with Crippen LogP contribution in [0.25, 0.3) is 0 Å². The molecule has 0 aliphatic carbocycles. The van der Waals surface area contributed by atoms with Gasteiger partial charge in [0, 0.05) is 16.4 Å². The fourth-order valence-corrected chi connectivity index (χ4v) is 5.08. The van der Waals surface area contributed by atoms with E-state index in [0.717, 1.165) is 10.6 Å². The number of anilines is 3. The zero-order valence-electron chi connectivity index (χ0n) is 18.2. The second kappa shape index (κ2) is 10.3. The Kier molecular flexibility index (Phi) is 7.70. The molecule has 0 fully saturated rings. The number of carbonyl (C=O) groups excluding carboxylic acids is 1. The lowest BCUT2D eigenvalue weighted by Crippen LogP contribution is -2.37. The van der Waals surface area contributed by atoms with Crippen LogP contribution in [0.4, 0.5) is 17.1 Å². The lowest BCUT2D eigenvalue weighted by molar-refractivity contribution is -0.114. The first-order valence-corrected chi connectivity index (χ1v) is 13.5. The fraction of sp³-hybridized carbons (Fsp3) is 0.136. The van der Waals surface area contributed by atoms with Crippen LogP contribution in [0.2, 0.25) is 5.02 Å². The van der Waals surface area contributed by atoms with Crippen molar-refractivity contribution in [1.29, 1.82) is 0 Å². The Morgan fingerprint density at radius 1 is 0.941 bits per heavy atom. The number of hydrogen-bond acceptors (Lipinski definition) is 6. The molecule has 0 bridgehead atoms. The van der Waals surface area contributed by atoms with Crippen molar-refractivity contribution in [3.8, 4) is 5.75 Å². The molecule has 0 aliphatic heterocycles. The summed E-state index contributed by atoms with van der Waals surface area (Å²) >= 11 is 6.01. The summed E-state index contributed by atoms with van der Waals surface area (Å²) < 4.78 is 58.4. The van der Waals surface area contributed by atoms with Gasteiger partial charge in [-0.2, -0.15) is 0 Å². The Bertz CT molecular complexity index is 1380. The maximum absolute atomic E-state index is 12.6. The number of sulfonamides is 2. The van der Waals surface area contributed by atoms with E-state index < -0.39 is 32.5 Å². The number of rotatable bonds is 9. The highest BCUT2D eigenvalue weighted by Gasteiger charge is 2.24. The molecule has 3 aromatic carbocycles. The second-order valence-electron chi connectivity index (χ2n) is 7.13. The number of hydrogen-bond donors (Lipinski definition) is 2. The molecule has 0 atom stereocenters. The van der Waals surface area contributed by atoms with Crippen LogP contribution >= 0.6 is 11.6 Å². The largest absolute Gasteiger partial charge is 0.495 e. The van der Waals surface area contributed by atoms with E-state index >= 15 is 0 Å². The minimum absolute atomic E-state index is 0.00391. The van der Waals surface area contributed by atoms with Crippen molar-refractivity contribution in [2.45, 2.75) is 4.90 Å². The van der Waals surface area contributed by atoms with Gasteiger partial charge >= 0.3 is 0 Å². The van der Waals surface area contributed by atoms with Gasteiger partial charge in [0.1, 0.15) is 12.3 Å². The van der Waals surface area contributed by atoms with Crippen molar-refractivity contribution in [1.82, 2.24) is 0 Å². The van der Waals surface area contributed by atoms with Crippen LogP contribution in [0.5, 0.6) is 5.75 Å². The third-order valence-corrected chi connectivity index (χ3v) is 7.33. The van der Waals surface area contributed by atoms with Gasteiger partial charge < -0.3 is 10.1 Å². The molecule has 0 saturated carbocycles. The molecule has 0 saturated heterocycles. The molecule has 0 heterocycles. The third kappa shape index (κ3) is 6.40. The monoisotopic (exact) mass is 523 g/mol. The van der Waals surface area contributed by atoms with Gasteiger partial charge in [-0.3, -0.25) is 13.8 Å². The number of nitrogens with one attached hydrogen (secondary N) is 2. The molecule has 0 radical (unpaired) electrons. The zero-order valence-corrected chi connectivity index (χ0v) is 20.6. The maximum Gasteiger partial charge on any atom is 0.261 e. The molecule has 3 aromatic rings. The Labute approximate surface area is 203 Å². The summed E-state index contributed by atoms with van der Waals surface area (Å²) in [5.74, 6) is -0.423. The molecule has 1 amide bonds. The first-order chi connectivity index (χ1) is 16.0. The van der Waals surface area contributed by atoms with E-state index in [2.05, 4.69) is 10.0 Å². The van der Waals surface area contributed by atoms with Crippen molar-refractivity contribution >= 4 is 54.6 Å². The van der Waals surface area contributed by atoms with Crippen molar-refractivity contribution < 1.29 is 26.4 Å². The number of amides is 1. The Morgan fingerprint density at radius 2 is 1.59 bits per heavy atom. The summed E-state index contributed by atoms with van der Waals surface area (Å²) in [7, 11) is -6.32. The first kappa shape index (κ1) is 25.3. The molecule has 180 valence electrons. The van der Waals surface area contributed by atoms with Gasteiger partial charge in [-0.05, 0) is 54.6 Å². The number of carbonyl (C=O) groups is 1. The van der Waals surface area contributed by atoms with Crippen molar-refractivity contribution in [2.75, 3.05) is 34.3 Å². The van der Waals surface area contributed by atoms with Crippen LogP contribution in [-0.2, 0) is 24.8 Å². The normalized spacial score (nSPS) is 11.5. The van der Waals surface area contributed by atoms with Crippen LogP contribution in [0.1, 0.15) is 0 Å². The number of halogens is 1. The average Bonchev–Trinajstić information content (AvgIpc) is 2.77. The molecule has 3 rings (SSSR count). The molecular weight excluding hydrogens is 502 g/mol. The van der Waals surface area contributed by atoms with Gasteiger partial charge in [0.05, 0.1) is 23.9 Å². The van der Waals surface area contributed by atoms with E-state index in [0.29, 0.717) is 5.69 Å². The molecule has 0 unspecified atom stereocenters. The van der Waals surface area contributed by atoms with E-state index in [9.17, 15) is 21.6 Å². The minimum atomic E-state index is -3.86. The predicted octanol–water partition coefficient (Wildman–Crippen LogP) is 3.55. The molecule has 0 aromatic heterocycles. The average molecular weight is 524 g/mol. The number of methoxy groups -OCH3 is 1. The highest BCUT2D eigenvalue weighted by Crippen LogP contribution is 2.32. The first-order valence-electron chi connectivity index (χ1n) is 9.78. The van der Waals surface area contributed by atoms with Crippen molar-refractivity contribution in [2.24, 2.45) is 0 Å². The molecule has 12 heteroatoms. The predicted molar refractivity (Wildman–Crippen MR) is 133 cm³/mol. The van der Waals surface area contributed by atoms with Crippen LogP contribution < -0.4 is 19.1 Å². The van der Waals surface area contributed by atoms with Gasteiger partial charge in [0.25, 0.3) is 10.0 Å². The van der Waals surface area contributed by atoms with E-state index in [1.807, 2.05) is 0 Å². The molecule has 2 N–H and O–H groups in total. The smallest absolute Gasteiger partial charge is 0.261 e. The minimum Gasteiger partial charge on any atom is -0.495 e. The van der Waals surface area contributed by atoms with Crippen LogP contribution in [0, 0.1) is 0 Å². The Hall–Kier alpha value is -3.28. The van der Waals surface area contributed by atoms with E-state index in [4.69, 9.17) is 16.3 Å². The highest BCUT2D eigenvalue weighted by atomic mass is 35.5. The van der Waals surface area contributed by atoms with E-state index in [-0.39, 0.29) is 27.0 Å². The van der Waals surface area contributed by atoms with Crippen LogP contribution in [-0.4, -0.2) is 42.7 Å². The SMILES string of the molecule is COc1ccc(Cl)cc1N(CC(=O)Nc1ccc(S(=O)(=O)Nc2ccccc2)cc1)S(C)(=O)=O. The molecule has 34 heavy (non-hydrogen) atoms. The zero-order chi connectivity index (χ0) is 24.9. The van der Waals surface area contributed by atoms with E-state index in [1.54, 1.807) is 30.3 Å². The fourth-order valence-electron chi connectivity index (χ4n) is 3.01. The summed E-state index contributed by atoms with van der Waals surface area (Å²) in [5.41, 5.74) is 0.813. The Morgan fingerprint density at radius 3 is 2.18 bits per heavy atom. The quantitative estimate of drug-likeness (QED) is 0.442. The third-order valence-electron chi connectivity index (χ3n) is 4.57. The summed E-state index contributed by atoms with van der Waals surface area (Å²) in [6, 6.07) is 18.3. The number of benzene rings is 3. The van der Waals surface area contributed by atoms with Crippen LogP contribution in [0.3, 0.4) is 0 Å². The summed E-state index contributed by atoms with van der Waals surface area (Å²) in [6.07, 6.45) is 0.958. The second-order valence-corrected chi connectivity index (χ2v) is 11.2. The Balaban J connectivity index is 1.75. The standard InChI is InChI=1S/C22H22ClN3O6S2/c1-32-21-13-8-16(23)14-20(21)26(33(2,28)29)15-22(27)24-17-9-11-19(12-10-17)34(30,31)25-18-6-4-3-5-7-18/h3-14,25H,15H2,1-2H3,(H,24,27). The van der Waals surface area contributed by atoms with Gasteiger partial charge in [0.2, 0.25) is 15.9 Å². The summed E-state index contributed by atoms with van der Waals surface area (Å²) in [4.78, 5) is 12.6. The highest BCUT2D eigenvalue weighted by molar-refractivity contribution is 7.92. The summed E-state index contributed by atoms with van der Waals surface area (Å²) in [5, 5.41) is 2.83. The van der Waals surface area contributed by atoms with Gasteiger partial charge in [-0.1, -0.05) is 29.8 Å². The van der Waals surface area contributed by atoms with Gasteiger partial charge in [-0.15, -0.1) is 0 Å². The van der Waals surface area contributed by atoms with E-state index in [1.165, 1.54) is 49.6 Å². The lowest BCUT2D eigenvalue weighted by atomic mass is 10.3. The number of para-hydroxylation sites is 1. The van der Waals surface area contributed by atoms with Crippen molar-refractivity contribution in [3.63, 3.8) is 0 Å². The number of ether oxygens (including phenoxy) is 1. The van der Waals surface area contributed by atoms with Crippen LogP contribution in [0.15, 0.2) is 77.7 Å². The van der Waals surface area contributed by atoms with Gasteiger partial charge in [-0.25, -0.2) is 16.8 Å². The number of nitrogens with zero attached hydrogens (tertiary/aromatic N) is 1. The van der Waals surface area contributed by atoms with Gasteiger partial charge in [0.15, 0.2) is 0 Å².